The Kier molecular flexibility index (Phi) is 7.92. The Morgan fingerprint density at radius 2 is 1.60 bits per heavy atom. The highest BCUT2D eigenvalue weighted by Gasteiger charge is 2.20. The van der Waals surface area contributed by atoms with Crippen LogP contribution in [-0.4, -0.2) is 50.7 Å². The second kappa shape index (κ2) is 10.6. The smallest absolute Gasteiger partial charge is 0.347 e. The van der Waals surface area contributed by atoms with Crippen molar-refractivity contribution in [2.45, 2.75) is 13.0 Å². The molecule has 1 amide bonds. The highest BCUT2D eigenvalue weighted by atomic mass is 16.6. The summed E-state index contributed by atoms with van der Waals surface area (Å²) in [5.74, 6) is -2.36. The van der Waals surface area contributed by atoms with Gasteiger partial charge in [0.1, 0.15) is 5.75 Å². The Balaban J connectivity index is 2.01. The third kappa shape index (κ3) is 6.06. The van der Waals surface area contributed by atoms with Gasteiger partial charge in [-0.25, -0.2) is 14.4 Å². The van der Waals surface area contributed by atoms with Gasteiger partial charge in [0.15, 0.2) is 12.7 Å². The topological polar surface area (TPSA) is 117 Å². The molecule has 30 heavy (non-hydrogen) atoms. The zero-order valence-electron chi connectivity index (χ0n) is 16.7. The molecule has 158 valence electrons. The number of carbonyl (C=O) groups is 4. The van der Waals surface area contributed by atoms with Crippen LogP contribution in [0, 0.1) is 0 Å². The van der Waals surface area contributed by atoms with Crippen LogP contribution in [-0.2, 0) is 23.8 Å². The summed E-state index contributed by atoms with van der Waals surface area (Å²) in [4.78, 5) is 47.9. The van der Waals surface area contributed by atoms with Gasteiger partial charge in [0.25, 0.3) is 5.91 Å². The molecule has 2 rings (SSSR count). The van der Waals surface area contributed by atoms with Crippen LogP contribution < -0.4 is 10.1 Å². The molecule has 1 N–H and O–H groups in total. The van der Waals surface area contributed by atoms with E-state index in [4.69, 9.17) is 9.47 Å². The van der Waals surface area contributed by atoms with E-state index >= 15 is 0 Å². The van der Waals surface area contributed by atoms with Gasteiger partial charge in [-0.15, -0.1) is 0 Å². The maximum absolute atomic E-state index is 12.2. The molecule has 1 atom stereocenters. The number of hydrogen-bond donors (Lipinski definition) is 1. The number of benzene rings is 2. The highest BCUT2D eigenvalue weighted by Crippen LogP contribution is 2.20. The van der Waals surface area contributed by atoms with Crippen LogP contribution in [0.5, 0.6) is 5.75 Å². The number of ether oxygens (including phenoxy) is 4. The predicted octanol–water partition coefficient (Wildman–Crippen LogP) is 2.21. The first-order valence-corrected chi connectivity index (χ1v) is 8.84. The maximum atomic E-state index is 12.2. The molecular formula is C21H21NO8. The molecular weight excluding hydrogens is 394 g/mol. The van der Waals surface area contributed by atoms with E-state index in [9.17, 15) is 19.2 Å². The van der Waals surface area contributed by atoms with E-state index in [2.05, 4.69) is 14.8 Å². The minimum atomic E-state index is -0.937. The van der Waals surface area contributed by atoms with Crippen molar-refractivity contribution in [3.63, 3.8) is 0 Å². The minimum absolute atomic E-state index is 0.0133. The van der Waals surface area contributed by atoms with E-state index in [1.807, 2.05) is 0 Å². The number of anilines is 1. The molecule has 2 aromatic rings. The fourth-order valence-electron chi connectivity index (χ4n) is 2.37. The van der Waals surface area contributed by atoms with Gasteiger partial charge in [0, 0.05) is 0 Å². The second-order valence-corrected chi connectivity index (χ2v) is 5.97. The van der Waals surface area contributed by atoms with Crippen molar-refractivity contribution in [2.75, 3.05) is 26.1 Å². The number of methoxy groups -OCH3 is 2. The van der Waals surface area contributed by atoms with Crippen molar-refractivity contribution in [2.24, 2.45) is 0 Å². The molecule has 0 radical (unpaired) electrons. The Hall–Kier alpha value is -3.88. The van der Waals surface area contributed by atoms with Crippen molar-refractivity contribution < 1.29 is 38.1 Å². The quantitative estimate of drug-likeness (QED) is 0.515. The van der Waals surface area contributed by atoms with Crippen LogP contribution in [0.1, 0.15) is 27.6 Å². The van der Waals surface area contributed by atoms with E-state index in [0.29, 0.717) is 5.75 Å². The summed E-state index contributed by atoms with van der Waals surface area (Å²) in [5.41, 5.74) is 0.146. The number of rotatable bonds is 8. The van der Waals surface area contributed by atoms with Gasteiger partial charge in [-0.05, 0) is 37.3 Å². The Morgan fingerprint density at radius 1 is 0.933 bits per heavy atom. The largest absolute Gasteiger partial charge is 0.479 e. The van der Waals surface area contributed by atoms with Crippen molar-refractivity contribution in [3.05, 3.63) is 59.7 Å². The summed E-state index contributed by atoms with van der Waals surface area (Å²) in [7, 11) is 2.38. The molecule has 2 aromatic carbocycles. The molecule has 0 aliphatic rings. The average molecular weight is 415 g/mol. The third-order valence-corrected chi connectivity index (χ3v) is 3.85. The second-order valence-electron chi connectivity index (χ2n) is 5.97. The normalized spacial score (nSPS) is 11.0. The Morgan fingerprint density at radius 3 is 2.23 bits per heavy atom. The summed E-state index contributed by atoms with van der Waals surface area (Å²) in [6, 6.07) is 12.6. The molecule has 0 spiro atoms. The number of amides is 1. The molecule has 0 aliphatic carbocycles. The molecule has 0 aliphatic heterocycles. The first kappa shape index (κ1) is 22.4. The van der Waals surface area contributed by atoms with Gasteiger partial charge < -0.3 is 24.3 Å². The summed E-state index contributed by atoms with van der Waals surface area (Å²) in [6.45, 7) is 0.868. The van der Waals surface area contributed by atoms with Crippen molar-refractivity contribution in [1.82, 2.24) is 0 Å². The fraction of sp³-hybridized carbons (Fsp3) is 0.238. The van der Waals surface area contributed by atoms with Crippen LogP contribution in [0.2, 0.25) is 0 Å². The SMILES string of the molecule is COC(=O)c1ccc(C(=O)OC)c(NC(=O)COC(=O)[C@H](C)Oc2ccccc2)c1. The lowest BCUT2D eigenvalue weighted by atomic mass is 10.1. The number of nitrogens with one attached hydrogen (secondary N) is 1. The third-order valence-electron chi connectivity index (χ3n) is 3.85. The molecule has 0 saturated heterocycles. The standard InChI is InChI=1S/C21H21NO8/c1-13(30-15-7-5-4-6-8-15)19(24)29-12-18(23)22-17-11-14(20(25)27-2)9-10-16(17)21(26)28-3/h4-11,13H,12H2,1-3H3,(H,22,23)/t13-/m0/s1. The lowest BCUT2D eigenvalue weighted by molar-refractivity contribution is -0.153. The number of para-hydroxylation sites is 1. The van der Waals surface area contributed by atoms with Crippen LogP contribution in [0.3, 0.4) is 0 Å². The molecule has 0 aromatic heterocycles. The van der Waals surface area contributed by atoms with E-state index < -0.39 is 36.5 Å². The van der Waals surface area contributed by atoms with E-state index in [-0.39, 0.29) is 16.8 Å². The fourth-order valence-corrected chi connectivity index (χ4v) is 2.37. The molecule has 0 heterocycles. The van der Waals surface area contributed by atoms with E-state index in [1.165, 1.54) is 39.3 Å². The molecule has 0 bridgehead atoms. The van der Waals surface area contributed by atoms with Gasteiger partial charge in [0.2, 0.25) is 0 Å². The average Bonchev–Trinajstić information content (AvgIpc) is 2.76. The summed E-state index contributed by atoms with van der Waals surface area (Å²) < 4.78 is 19.7. The zero-order chi connectivity index (χ0) is 22.1. The maximum Gasteiger partial charge on any atom is 0.347 e. The Bertz CT molecular complexity index is 926. The summed E-state index contributed by atoms with van der Waals surface area (Å²) in [5, 5.41) is 2.42. The number of carbonyl (C=O) groups excluding carboxylic acids is 4. The first-order valence-electron chi connectivity index (χ1n) is 8.84. The monoisotopic (exact) mass is 415 g/mol. The zero-order valence-corrected chi connectivity index (χ0v) is 16.7. The van der Waals surface area contributed by atoms with Crippen LogP contribution in [0.25, 0.3) is 0 Å². The first-order chi connectivity index (χ1) is 14.3. The lowest BCUT2D eigenvalue weighted by Crippen LogP contribution is -2.30. The molecule has 9 nitrogen and oxygen atoms in total. The van der Waals surface area contributed by atoms with E-state index in [1.54, 1.807) is 30.3 Å². The minimum Gasteiger partial charge on any atom is -0.479 e. The lowest BCUT2D eigenvalue weighted by Gasteiger charge is -2.14. The Labute approximate surface area is 172 Å². The molecule has 0 unspecified atom stereocenters. The van der Waals surface area contributed by atoms with Gasteiger partial charge in [0.05, 0.1) is 31.0 Å². The molecule has 0 fully saturated rings. The molecule has 9 heteroatoms. The van der Waals surface area contributed by atoms with Crippen LogP contribution >= 0.6 is 0 Å². The highest BCUT2D eigenvalue weighted by molar-refractivity contribution is 6.04. The van der Waals surface area contributed by atoms with Crippen molar-refractivity contribution in [1.29, 1.82) is 0 Å². The van der Waals surface area contributed by atoms with Gasteiger partial charge in [-0.3, -0.25) is 4.79 Å². The summed E-state index contributed by atoms with van der Waals surface area (Å²) >= 11 is 0. The summed E-state index contributed by atoms with van der Waals surface area (Å²) in [6.07, 6.45) is -0.937. The van der Waals surface area contributed by atoms with Crippen LogP contribution in [0.15, 0.2) is 48.5 Å². The number of hydrogen-bond acceptors (Lipinski definition) is 8. The molecule has 0 saturated carbocycles. The predicted molar refractivity (Wildman–Crippen MR) is 105 cm³/mol. The van der Waals surface area contributed by atoms with Gasteiger partial charge in [-0.1, -0.05) is 18.2 Å². The van der Waals surface area contributed by atoms with Crippen molar-refractivity contribution in [3.8, 4) is 5.75 Å². The number of esters is 3. The van der Waals surface area contributed by atoms with Gasteiger partial charge in [-0.2, -0.15) is 0 Å². The van der Waals surface area contributed by atoms with Crippen LogP contribution in [0.4, 0.5) is 5.69 Å². The van der Waals surface area contributed by atoms with Gasteiger partial charge >= 0.3 is 17.9 Å². The van der Waals surface area contributed by atoms with E-state index in [0.717, 1.165) is 0 Å². The van der Waals surface area contributed by atoms with Crippen molar-refractivity contribution >= 4 is 29.5 Å².